The van der Waals surface area contributed by atoms with Gasteiger partial charge in [-0.25, -0.2) is 4.39 Å². The average molecular weight is 979 g/mol. The molecule has 0 amide bonds. The number of hydrogen-bond donors (Lipinski definition) is 5. The normalized spacial score (nSPS) is 9.84. The molecule has 15 heteroatoms. The molecule has 5 aromatic rings. The standard InChI is InChI=1S/C9H12BrN.C8H10BrNO.C8H9Cl2NS.C8H10ClNO.C8H10FNO/c10-9-5-3-8(4-6-9)2-1-7-11;9-7-2-1-3-8(6-7)11-5-4-10;9-7-2-1-6(5-8(7)10)12-4-3-11;2*9-7-3-1-2-4-8(7)11-6-5-10/h3-6H,1-2,7,11H2;1-3,6H,4-5,10H2;1-2,5H,3-4,11H2;2*1-4H,5-6,10H2. The predicted molar refractivity (Wildman–Crippen MR) is 243 cm³/mol. The van der Waals surface area contributed by atoms with E-state index in [-0.39, 0.29) is 11.6 Å². The average Bonchev–Trinajstić information content (AvgIpc) is 3.21. The third-order valence-corrected chi connectivity index (χ3v) is 9.57. The number of halogens is 6. The largest absolute Gasteiger partial charge is 0.492 e. The summed E-state index contributed by atoms with van der Waals surface area (Å²) in [5.74, 6) is 2.36. The van der Waals surface area contributed by atoms with E-state index in [1.54, 1.807) is 42.1 Å². The molecular formula is C41H51Br2Cl3FN5O3S. The predicted octanol–water partition coefficient (Wildman–Crippen LogP) is 10.0. The van der Waals surface area contributed by atoms with Crippen LogP contribution in [-0.2, 0) is 6.42 Å². The van der Waals surface area contributed by atoms with Crippen LogP contribution in [0.3, 0.4) is 0 Å². The molecule has 10 N–H and O–H groups in total. The molecule has 0 atom stereocenters. The highest BCUT2D eigenvalue weighted by atomic mass is 79.9. The number of thioether (sulfide) groups is 1. The highest BCUT2D eigenvalue weighted by Gasteiger charge is 2.00. The molecule has 0 saturated carbocycles. The smallest absolute Gasteiger partial charge is 0.165 e. The number of hydrogen-bond acceptors (Lipinski definition) is 9. The van der Waals surface area contributed by atoms with Crippen molar-refractivity contribution in [2.75, 3.05) is 58.3 Å². The lowest BCUT2D eigenvalue weighted by molar-refractivity contribution is 0.311. The number of para-hydroxylation sites is 2. The summed E-state index contributed by atoms with van der Waals surface area (Å²) in [6, 6.07) is 35.2. The quantitative estimate of drug-likeness (QED) is 0.0645. The molecule has 0 bridgehead atoms. The Hall–Kier alpha value is -2.59. The van der Waals surface area contributed by atoms with E-state index < -0.39 is 0 Å². The van der Waals surface area contributed by atoms with Gasteiger partial charge in [-0.3, -0.25) is 0 Å². The van der Waals surface area contributed by atoms with Gasteiger partial charge >= 0.3 is 0 Å². The molecular weight excluding hydrogens is 928 g/mol. The van der Waals surface area contributed by atoms with E-state index >= 15 is 0 Å². The minimum Gasteiger partial charge on any atom is -0.492 e. The zero-order valence-electron chi connectivity index (χ0n) is 31.0. The Labute approximate surface area is 367 Å². The van der Waals surface area contributed by atoms with Crippen LogP contribution in [0.2, 0.25) is 15.1 Å². The summed E-state index contributed by atoms with van der Waals surface area (Å²) in [4.78, 5) is 1.11. The van der Waals surface area contributed by atoms with Gasteiger partial charge in [-0.2, -0.15) is 0 Å². The lowest BCUT2D eigenvalue weighted by Gasteiger charge is -2.04. The van der Waals surface area contributed by atoms with Crippen LogP contribution >= 0.6 is 78.4 Å². The summed E-state index contributed by atoms with van der Waals surface area (Å²) in [5.41, 5.74) is 27.8. The number of aryl methyl sites for hydroxylation is 1. The fourth-order valence-electron chi connectivity index (χ4n) is 3.90. The molecule has 0 aromatic heterocycles. The highest BCUT2D eigenvalue weighted by molar-refractivity contribution is 9.10. The molecule has 0 aliphatic rings. The Morgan fingerprint density at radius 3 is 1.71 bits per heavy atom. The van der Waals surface area contributed by atoms with Gasteiger partial charge in [-0.05, 0) is 97.7 Å². The maximum atomic E-state index is 12.7. The van der Waals surface area contributed by atoms with E-state index in [4.69, 9.17) is 77.7 Å². The molecule has 0 aliphatic heterocycles. The van der Waals surface area contributed by atoms with Crippen LogP contribution < -0.4 is 42.9 Å². The van der Waals surface area contributed by atoms with Gasteiger partial charge in [0.15, 0.2) is 11.6 Å². The molecule has 0 unspecified atom stereocenters. The van der Waals surface area contributed by atoms with Crippen molar-refractivity contribution in [2.24, 2.45) is 28.7 Å². The van der Waals surface area contributed by atoms with Crippen LogP contribution in [0.5, 0.6) is 17.2 Å². The fourth-order valence-corrected chi connectivity index (χ4v) is 5.81. The van der Waals surface area contributed by atoms with E-state index in [9.17, 15) is 4.39 Å². The highest BCUT2D eigenvalue weighted by Crippen LogP contribution is 2.27. The molecule has 56 heavy (non-hydrogen) atoms. The number of nitrogens with two attached hydrogens (primary N) is 5. The second-order valence-electron chi connectivity index (χ2n) is 11.0. The lowest BCUT2D eigenvalue weighted by atomic mass is 10.1. The molecule has 0 heterocycles. The second-order valence-corrected chi connectivity index (χ2v) is 15.2. The van der Waals surface area contributed by atoms with Crippen molar-refractivity contribution in [1.29, 1.82) is 0 Å². The lowest BCUT2D eigenvalue weighted by Crippen LogP contribution is -2.11. The van der Waals surface area contributed by atoms with Crippen molar-refractivity contribution in [1.82, 2.24) is 0 Å². The van der Waals surface area contributed by atoms with Gasteiger partial charge in [0.1, 0.15) is 31.3 Å². The van der Waals surface area contributed by atoms with Gasteiger partial charge in [0, 0.05) is 45.8 Å². The first kappa shape index (κ1) is 51.4. The van der Waals surface area contributed by atoms with Crippen LogP contribution in [0.4, 0.5) is 4.39 Å². The maximum Gasteiger partial charge on any atom is 0.165 e. The summed E-state index contributed by atoms with van der Waals surface area (Å²) < 4.78 is 30.4. The third-order valence-electron chi connectivity index (χ3n) is 6.47. The van der Waals surface area contributed by atoms with Crippen LogP contribution in [-0.4, -0.2) is 58.3 Å². The monoisotopic (exact) mass is 975 g/mol. The number of rotatable bonds is 15. The van der Waals surface area contributed by atoms with Gasteiger partial charge in [-0.15, -0.1) is 11.8 Å². The summed E-state index contributed by atoms with van der Waals surface area (Å²) >= 11 is 25.8. The first-order chi connectivity index (χ1) is 27.1. The van der Waals surface area contributed by atoms with Crippen molar-refractivity contribution < 1.29 is 18.6 Å². The molecule has 5 rings (SSSR count). The van der Waals surface area contributed by atoms with Gasteiger partial charge in [0.2, 0.25) is 0 Å². The van der Waals surface area contributed by atoms with E-state index in [1.165, 1.54) is 11.6 Å². The van der Waals surface area contributed by atoms with E-state index in [0.717, 1.165) is 44.7 Å². The SMILES string of the molecule is NCCCc1ccc(Br)cc1.NCCOc1cccc(Br)c1.NCCOc1ccccc1Cl.NCCOc1ccccc1F.NCCSc1ccc(Cl)c(Cl)c1. The Balaban J connectivity index is 0.000000350. The zero-order valence-corrected chi connectivity index (χ0v) is 37.3. The van der Waals surface area contributed by atoms with Crippen molar-refractivity contribution in [3.8, 4) is 17.2 Å². The fraction of sp³-hybridized carbons (Fsp3) is 0.268. The topological polar surface area (TPSA) is 158 Å². The van der Waals surface area contributed by atoms with Gasteiger partial charge < -0.3 is 42.9 Å². The van der Waals surface area contributed by atoms with Crippen LogP contribution in [0.1, 0.15) is 12.0 Å². The van der Waals surface area contributed by atoms with Crippen LogP contribution in [0, 0.1) is 5.82 Å². The molecule has 0 saturated heterocycles. The first-order valence-electron chi connectivity index (χ1n) is 17.5. The summed E-state index contributed by atoms with van der Waals surface area (Å²) in [5, 5.41) is 1.81. The van der Waals surface area contributed by atoms with E-state index in [2.05, 4.69) is 56.1 Å². The second kappa shape index (κ2) is 33.4. The molecule has 5 aromatic carbocycles. The molecule has 306 valence electrons. The first-order valence-corrected chi connectivity index (χ1v) is 21.2. The van der Waals surface area contributed by atoms with Crippen molar-refractivity contribution in [3.05, 3.63) is 151 Å². The number of benzene rings is 5. The van der Waals surface area contributed by atoms with E-state index in [1.807, 2.05) is 54.6 Å². The molecule has 0 aliphatic carbocycles. The van der Waals surface area contributed by atoms with Crippen molar-refractivity contribution in [2.45, 2.75) is 17.7 Å². The third kappa shape index (κ3) is 24.9. The minimum absolute atomic E-state index is 0.262. The molecule has 0 spiro atoms. The Bertz CT molecular complexity index is 1700. The maximum absolute atomic E-state index is 12.7. The number of ether oxygens (including phenoxy) is 3. The molecule has 0 radical (unpaired) electrons. The molecule has 0 fully saturated rings. The van der Waals surface area contributed by atoms with Gasteiger partial charge in [0.25, 0.3) is 0 Å². The Kier molecular flexibility index (Phi) is 30.7. The van der Waals surface area contributed by atoms with Crippen LogP contribution in [0.15, 0.2) is 129 Å². The van der Waals surface area contributed by atoms with Crippen molar-refractivity contribution >= 4 is 78.4 Å². The summed E-state index contributed by atoms with van der Waals surface area (Å²) in [7, 11) is 0. The Morgan fingerprint density at radius 2 is 1.14 bits per heavy atom. The van der Waals surface area contributed by atoms with E-state index in [0.29, 0.717) is 66.8 Å². The van der Waals surface area contributed by atoms with Crippen molar-refractivity contribution in [3.63, 3.8) is 0 Å². The summed E-state index contributed by atoms with van der Waals surface area (Å²) in [6.45, 7) is 4.31. The minimum atomic E-state index is -0.346. The zero-order chi connectivity index (χ0) is 41.4. The van der Waals surface area contributed by atoms with Gasteiger partial charge in [-0.1, -0.05) is 109 Å². The Morgan fingerprint density at radius 1 is 0.536 bits per heavy atom. The van der Waals surface area contributed by atoms with Crippen LogP contribution in [0.25, 0.3) is 0 Å². The summed E-state index contributed by atoms with van der Waals surface area (Å²) in [6.07, 6.45) is 2.16. The molecule has 8 nitrogen and oxygen atoms in total. The van der Waals surface area contributed by atoms with Gasteiger partial charge in [0.05, 0.1) is 15.1 Å².